The van der Waals surface area contributed by atoms with Gasteiger partial charge in [-0.15, -0.1) is 11.3 Å². The zero-order valence-electron chi connectivity index (χ0n) is 38.3. The molecule has 4 rings (SSSR count). The van der Waals surface area contributed by atoms with E-state index in [-0.39, 0.29) is 47.0 Å². The van der Waals surface area contributed by atoms with Crippen molar-refractivity contribution in [1.29, 1.82) is 0 Å². The van der Waals surface area contributed by atoms with Gasteiger partial charge in [-0.3, -0.25) is 47.7 Å². The van der Waals surface area contributed by atoms with Crippen LogP contribution < -0.4 is 42.5 Å². The summed E-state index contributed by atoms with van der Waals surface area (Å²) < 4.78 is 33.7. The standard InChI is InChI=1S/C44H55N9O15S2/c1-5-7-29-41(63)53-36(22(3)6-2)37(59)43(65)51-30(16-24-8-11-26(54)12-9-24)44-48-25(20-69-44)10-15-34(57)49-32(21-70(66,67)68)40(62)45-18-31(42(64)50-29)52-38(60)23(4)47-35(58)19-46-39(61)28-17-27(55)13-14-33(28)56/h8-15,17,20,22-23,29-32,36,54-56H,5-7,16,18-19,21H2,1-4H3,(H,45,62)(H,46,61)(H,47,58)(H,49,57)(H,50,64)(H,51,65)(H,52,60)(H,53,63)(H,66,67,68). The van der Waals surface area contributed by atoms with Gasteiger partial charge in [-0.05, 0) is 67.7 Å². The maximum atomic E-state index is 14.1. The van der Waals surface area contributed by atoms with Crippen molar-refractivity contribution < 1.29 is 71.4 Å². The van der Waals surface area contributed by atoms with E-state index in [1.807, 2.05) is 0 Å². The number of nitrogens with zero attached hydrogens (tertiary/aromatic N) is 1. The van der Waals surface area contributed by atoms with Crippen molar-refractivity contribution in [1.82, 2.24) is 47.5 Å². The number of Topliss-reactive ketones (excluding diaryl/α,β-unsaturated/α-hetero) is 1. The smallest absolute Gasteiger partial charge is 0.290 e. The number of benzene rings is 2. The van der Waals surface area contributed by atoms with Crippen LogP contribution >= 0.6 is 11.3 Å². The van der Waals surface area contributed by atoms with Gasteiger partial charge in [0.1, 0.15) is 52.2 Å². The van der Waals surface area contributed by atoms with Crippen molar-refractivity contribution in [3.63, 3.8) is 0 Å². The zero-order chi connectivity index (χ0) is 51.9. The summed E-state index contributed by atoms with van der Waals surface area (Å²) in [6.45, 7) is 4.61. The molecule has 0 spiro atoms. The molecule has 70 heavy (non-hydrogen) atoms. The Morgan fingerprint density at radius 3 is 2.19 bits per heavy atom. The highest BCUT2D eigenvalue weighted by molar-refractivity contribution is 7.85. The molecular weight excluding hydrogens is 959 g/mol. The molecule has 1 aliphatic heterocycles. The second kappa shape index (κ2) is 25.2. The fourth-order valence-electron chi connectivity index (χ4n) is 6.69. The Balaban J connectivity index is 1.67. The van der Waals surface area contributed by atoms with Crippen LogP contribution in [0.2, 0.25) is 0 Å². The predicted molar refractivity (Wildman–Crippen MR) is 250 cm³/mol. The second-order valence-electron chi connectivity index (χ2n) is 16.2. The number of aromatic nitrogens is 1. The van der Waals surface area contributed by atoms with Crippen LogP contribution in [0.4, 0.5) is 0 Å². The third-order valence-electron chi connectivity index (χ3n) is 10.7. The molecule has 8 amide bonds. The first-order chi connectivity index (χ1) is 33.0. The number of phenolic OH excluding ortho intramolecular Hbond substituents is 3. The largest absolute Gasteiger partial charge is 0.508 e. The van der Waals surface area contributed by atoms with Gasteiger partial charge < -0.3 is 57.9 Å². The summed E-state index contributed by atoms with van der Waals surface area (Å²) in [5, 5.41) is 50.2. The molecule has 7 unspecified atom stereocenters. The van der Waals surface area contributed by atoms with Crippen molar-refractivity contribution in [3.8, 4) is 17.2 Å². The number of carbonyl (C=O) groups is 9. The highest BCUT2D eigenvalue weighted by Gasteiger charge is 2.36. The van der Waals surface area contributed by atoms with E-state index in [1.165, 1.54) is 30.5 Å². The minimum absolute atomic E-state index is 0.0281. The molecule has 0 radical (unpaired) electrons. The lowest BCUT2D eigenvalue weighted by atomic mass is 9.94. The number of fused-ring (bicyclic) bond motifs is 2. The Labute approximate surface area is 405 Å². The van der Waals surface area contributed by atoms with Crippen LogP contribution in [0.5, 0.6) is 17.2 Å². The third kappa shape index (κ3) is 16.7. The van der Waals surface area contributed by atoms with Gasteiger partial charge in [0.15, 0.2) is 0 Å². The first kappa shape index (κ1) is 55.1. The van der Waals surface area contributed by atoms with Gasteiger partial charge >= 0.3 is 0 Å². The fraction of sp³-hybridized carbons (Fsp3) is 0.409. The molecule has 1 aliphatic rings. The van der Waals surface area contributed by atoms with Gasteiger partial charge in [-0.1, -0.05) is 45.7 Å². The van der Waals surface area contributed by atoms with Crippen molar-refractivity contribution in [2.45, 2.75) is 89.6 Å². The minimum atomic E-state index is -4.96. The molecule has 1 aromatic heterocycles. The van der Waals surface area contributed by atoms with Crippen LogP contribution in [0.15, 0.2) is 53.9 Å². The van der Waals surface area contributed by atoms with Gasteiger partial charge in [-0.25, -0.2) is 4.98 Å². The topological polar surface area (TPSA) is 378 Å². The van der Waals surface area contributed by atoms with E-state index in [0.29, 0.717) is 12.0 Å². The van der Waals surface area contributed by atoms with E-state index >= 15 is 0 Å². The Bertz CT molecular complexity index is 2590. The zero-order valence-corrected chi connectivity index (χ0v) is 39.9. The molecule has 2 heterocycles. The van der Waals surface area contributed by atoms with Gasteiger partial charge in [-0.2, -0.15) is 8.42 Å². The maximum Gasteiger partial charge on any atom is 0.290 e. The van der Waals surface area contributed by atoms with Crippen LogP contribution in [0.25, 0.3) is 6.08 Å². The number of amides is 8. The first-order valence-corrected chi connectivity index (χ1v) is 24.3. The Kier molecular flexibility index (Phi) is 19.9. The minimum Gasteiger partial charge on any atom is -0.508 e. The predicted octanol–water partition coefficient (Wildman–Crippen LogP) is -1.02. The fourth-order valence-corrected chi connectivity index (χ4v) is 8.18. The molecule has 26 heteroatoms. The molecule has 24 nitrogen and oxygen atoms in total. The molecule has 12 N–H and O–H groups in total. The van der Waals surface area contributed by atoms with Crippen molar-refractivity contribution in [2.24, 2.45) is 5.92 Å². The number of ketones is 1. The average molecular weight is 1010 g/mol. The number of phenols is 3. The average Bonchev–Trinajstić information content (AvgIpc) is 3.79. The van der Waals surface area contributed by atoms with Gasteiger partial charge in [0.05, 0.1) is 29.9 Å². The Hall–Kier alpha value is -7.45. The quantitative estimate of drug-likeness (QED) is 0.0522. The number of hydrogen-bond acceptors (Lipinski definition) is 16. The Morgan fingerprint density at radius 2 is 1.53 bits per heavy atom. The monoisotopic (exact) mass is 1010 g/mol. The van der Waals surface area contributed by atoms with Gasteiger partial charge in [0.2, 0.25) is 41.2 Å². The number of thiazole rings is 1. The lowest BCUT2D eigenvalue weighted by Crippen LogP contribution is -2.61. The van der Waals surface area contributed by atoms with Crippen molar-refractivity contribution in [2.75, 3.05) is 18.8 Å². The molecule has 3 aromatic rings. The summed E-state index contributed by atoms with van der Waals surface area (Å²) in [5.41, 5.74) is 0.409. The number of nitrogens with one attached hydrogen (secondary N) is 8. The van der Waals surface area contributed by atoms with E-state index in [9.17, 15) is 71.4 Å². The molecule has 0 saturated carbocycles. The van der Waals surface area contributed by atoms with E-state index in [1.54, 1.807) is 32.9 Å². The van der Waals surface area contributed by atoms with Crippen LogP contribution in [-0.2, 0) is 54.9 Å². The summed E-state index contributed by atoms with van der Waals surface area (Å²) >= 11 is 1.04. The van der Waals surface area contributed by atoms with E-state index in [0.717, 1.165) is 35.6 Å². The van der Waals surface area contributed by atoms with E-state index in [2.05, 4.69) is 47.5 Å². The normalized spacial score (nSPS) is 20.7. The number of carbonyl (C=O) groups excluding carboxylic acids is 9. The summed E-state index contributed by atoms with van der Waals surface area (Å²) in [4.78, 5) is 126. The van der Waals surface area contributed by atoms with Crippen LogP contribution in [0.3, 0.4) is 0 Å². The third-order valence-corrected chi connectivity index (χ3v) is 12.4. The lowest BCUT2D eigenvalue weighted by molar-refractivity contribution is -0.141. The van der Waals surface area contributed by atoms with Crippen LogP contribution in [0.1, 0.15) is 79.6 Å². The van der Waals surface area contributed by atoms with Crippen LogP contribution in [-0.4, -0.2) is 135 Å². The molecule has 0 saturated heterocycles. The maximum absolute atomic E-state index is 14.1. The molecule has 7 atom stereocenters. The molecule has 0 aliphatic carbocycles. The Morgan fingerprint density at radius 1 is 0.843 bits per heavy atom. The van der Waals surface area contributed by atoms with Gasteiger partial charge in [0.25, 0.3) is 21.9 Å². The van der Waals surface area contributed by atoms with Gasteiger partial charge in [0, 0.05) is 18.0 Å². The summed E-state index contributed by atoms with van der Waals surface area (Å²) in [6.07, 6.45) is 2.65. The summed E-state index contributed by atoms with van der Waals surface area (Å²) in [6, 6.07) is 0.00555. The lowest BCUT2D eigenvalue weighted by Gasteiger charge is -2.28. The molecule has 0 fully saturated rings. The number of aromatic hydroxyl groups is 3. The number of rotatable bonds is 14. The number of hydrogen-bond donors (Lipinski definition) is 12. The highest BCUT2D eigenvalue weighted by atomic mass is 32.2. The van der Waals surface area contributed by atoms with Crippen molar-refractivity contribution in [3.05, 3.63) is 75.7 Å². The molecule has 2 bridgehead atoms. The molecule has 2 aromatic carbocycles. The molecule has 378 valence electrons. The van der Waals surface area contributed by atoms with Crippen molar-refractivity contribution >= 4 is 80.6 Å². The SMILES string of the molecule is CCCC1NC(=O)C(NC(=O)C(C)NC(=O)CNC(=O)c2cc(O)ccc2O)CNC(=O)C(CS(=O)(=O)O)NC(=O)C=Cc2csc(n2)C(Cc2ccc(O)cc2)NC(=O)C(=O)C(C(C)CC)NC1=O. The second-order valence-corrected chi connectivity index (χ2v) is 18.6. The first-order valence-electron chi connectivity index (χ1n) is 21.8. The van der Waals surface area contributed by atoms with Crippen LogP contribution in [0, 0.1) is 5.92 Å². The summed E-state index contributed by atoms with van der Waals surface area (Å²) in [5.74, 6) is -12.3. The van der Waals surface area contributed by atoms with E-state index in [4.69, 9.17) is 0 Å². The summed E-state index contributed by atoms with van der Waals surface area (Å²) in [7, 11) is -4.96. The highest BCUT2D eigenvalue weighted by Crippen LogP contribution is 2.25. The van der Waals surface area contributed by atoms with E-state index < -0.39 is 130 Å². The molecular formula is C44H55N9O15S2.